The lowest BCUT2D eigenvalue weighted by Crippen LogP contribution is -2.54. The van der Waals surface area contributed by atoms with Crippen molar-refractivity contribution in [2.45, 2.75) is 57.2 Å². The summed E-state index contributed by atoms with van der Waals surface area (Å²) in [5.41, 5.74) is 2.45. The summed E-state index contributed by atoms with van der Waals surface area (Å²) in [6.45, 7) is 5.72. The average Bonchev–Trinajstić information content (AvgIpc) is 3.33. The van der Waals surface area contributed by atoms with Gasteiger partial charge in [-0.2, -0.15) is 0 Å². The molecule has 1 unspecified atom stereocenters. The van der Waals surface area contributed by atoms with Gasteiger partial charge in [0.15, 0.2) is 0 Å². The summed E-state index contributed by atoms with van der Waals surface area (Å²) in [6.07, 6.45) is 6.10. The van der Waals surface area contributed by atoms with E-state index in [-0.39, 0.29) is 24.2 Å². The summed E-state index contributed by atoms with van der Waals surface area (Å²) in [6, 6.07) is 8.95. The molecule has 0 aromatic heterocycles. The van der Waals surface area contributed by atoms with E-state index in [0.29, 0.717) is 13.2 Å². The highest BCUT2D eigenvalue weighted by Crippen LogP contribution is 2.30. The van der Waals surface area contributed by atoms with E-state index in [4.69, 9.17) is 4.74 Å². The number of hydrogen-bond acceptors (Lipinski definition) is 3. The molecule has 4 rings (SSSR count). The Morgan fingerprint density at radius 2 is 2.04 bits per heavy atom. The normalized spacial score (nSPS) is 27.2. The molecule has 2 saturated heterocycles. The van der Waals surface area contributed by atoms with Gasteiger partial charge in [-0.05, 0) is 56.7 Å². The summed E-state index contributed by atoms with van der Waals surface area (Å²) in [5, 5.41) is 3.21. The predicted octanol–water partition coefficient (Wildman–Crippen LogP) is 3.31. The summed E-state index contributed by atoms with van der Waals surface area (Å²) >= 11 is 0. The van der Waals surface area contributed by atoms with Gasteiger partial charge in [0.1, 0.15) is 0 Å². The van der Waals surface area contributed by atoms with Crippen molar-refractivity contribution in [2.24, 2.45) is 0 Å². The van der Waals surface area contributed by atoms with Gasteiger partial charge in [-0.3, -0.25) is 0 Å². The Kier molecular flexibility index (Phi) is 4.84. The fraction of sp³-hybridized carbons (Fsp3) is 0.650. The second-order valence-electron chi connectivity index (χ2n) is 7.56. The Balaban J connectivity index is 1.41. The Morgan fingerprint density at radius 3 is 2.88 bits per heavy atom. The molecule has 1 aliphatic carbocycles. The molecule has 1 saturated carbocycles. The standard InChI is InChI=1S/C20H29N3O2/c1-15(16-6-4-7-17(14-16)22-10-2-3-11-22)21-20(24)23-12-13-25-19-9-5-8-18(19)23/h4,6-7,14-15,18-19H,2-3,5,8-13H2,1H3,(H,21,24)/t15?,18-,19+/m1/s1. The molecule has 1 N–H and O–H groups in total. The van der Waals surface area contributed by atoms with Crippen LogP contribution in [0.4, 0.5) is 10.5 Å². The maximum Gasteiger partial charge on any atom is 0.318 e. The first-order valence-corrected chi connectivity index (χ1v) is 9.76. The van der Waals surface area contributed by atoms with Gasteiger partial charge in [0.2, 0.25) is 0 Å². The molecule has 1 aromatic rings. The molecule has 2 amide bonds. The third-order valence-electron chi connectivity index (χ3n) is 5.92. The number of hydrogen-bond donors (Lipinski definition) is 1. The van der Waals surface area contributed by atoms with Gasteiger partial charge in [0.25, 0.3) is 0 Å². The van der Waals surface area contributed by atoms with Crippen LogP contribution in [-0.2, 0) is 4.74 Å². The lowest BCUT2D eigenvalue weighted by molar-refractivity contribution is -0.0385. The molecule has 0 bridgehead atoms. The minimum atomic E-state index is 0.0118. The fourth-order valence-electron chi connectivity index (χ4n) is 4.50. The second kappa shape index (κ2) is 7.24. The van der Waals surface area contributed by atoms with Crippen molar-refractivity contribution in [1.29, 1.82) is 0 Å². The molecule has 3 aliphatic rings. The molecule has 3 atom stereocenters. The number of morpholine rings is 1. The number of amides is 2. The maximum atomic E-state index is 12.8. The van der Waals surface area contributed by atoms with Crippen LogP contribution in [-0.4, -0.2) is 49.3 Å². The Bertz CT molecular complexity index is 615. The minimum absolute atomic E-state index is 0.0118. The minimum Gasteiger partial charge on any atom is -0.374 e. The molecule has 1 aromatic carbocycles. The lowest BCUT2D eigenvalue weighted by Gasteiger charge is -2.38. The SMILES string of the molecule is CC(NC(=O)N1CCO[C@H]2CCC[C@H]21)c1cccc(N2CCCC2)c1. The molecule has 2 aliphatic heterocycles. The number of anilines is 1. The molecule has 0 radical (unpaired) electrons. The molecule has 0 spiro atoms. The highest BCUT2D eigenvalue weighted by atomic mass is 16.5. The Labute approximate surface area is 150 Å². The monoisotopic (exact) mass is 343 g/mol. The lowest BCUT2D eigenvalue weighted by atomic mass is 10.1. The predicted molar refractivity (Wildman–Crippen MR) is 98.9 cm³/mol. The Morgan fingerprint density at radius 1 is 1.20 bits per heavy atom. The molecule has 3 fully saturated rings. The van der Waals surface area contributed by atoms with Gasteiger partial charge >= 0.3 is 6.03 Å². The van der Waals surface area contributed by atoms with Crippen LogP contribution in [0.1, 0.15) is 50.6 Å². The van der Waals surface area contributed by atoms with Crippen LogP contribution in [0.3, 0.4) is 0 Å². The summed E-state index contributed by atoms with van der Waals surface area (Å²) in [4.78, 5) is 17.3. The highest BCUT2D eigenvalue weighted by Gasteiger charge is 2.38. The largest absolute Gasteiger partial charge is 0.374 e. The molecule has 25 heavy (non-hydrogen) atoms. The number of carbonyl (C=O) groups is 1. The van der Waals surface area contributed by atoms with Gasteiger partial charge in [-0.1, -0.05) is 12.1 Å². The molecule has 5 nitrogen and oxygen atoms in total. The van der Waals surface area contributed by atoms with Crippen molar-refractivity contribution < 1.29 is 9.53 Å². The highest BCUT2D eigenvalue weighted by molar-refractivity contribution is 5.75. The van der Waals surface area contributed by atoms with Gasteiger partial charge < -0.3 is 19.9 Å². The first-order chi connectivity index (χ1) is 12.2. The number of fused-ring (bicyclic) bond motifs is 1. The molecule has 5 heteroatoms. The molecular formula is C20H29N3O2. The van der Waals surface area contributed by atoms with Crippen LogP contribution >= 0.6 is 0 Å². The van der Waals surface area contributed by atoms with Crippen molar-refractivity contribution in [3.8, 4) is 0 Å². The van der Waals surface area contributed by atoms with Gasteiger partial charge in [-0.15, -0.1) is 0 Å². The van der Waals surface area contributed by atoms with E-state index in [1.807, 2.05) is 4.90 Å². The van der Waals surface area contributed by atoms with Crippen molar-refractivity contribution in [1.82, 2.24) is 10.2 Å². The third kappa shape index (κ3) is 3.47. The molecule has 136 valence electrons. The third-order valence-corrected chi connectivity index (χ3v) is 5.92. The van der Waals surface area contributed by atoms with E-state index in [1.165, 1.54) is 24.1 Å². The summed E-state index contributed by atoms with van der Waals surface area (Å²) < 4.78 is 5.82. The first-order valence-electron chi connectivity index (χ1n) is 9.76. The molecule has 2 heterocycles. The quantitative estimate of drug-likeness (QED) is 0.916. The first kappa shape index (κ1) is 16.7. The number of carbonyl (C=O) groups excluding carboxylic acids is 1. The van der Waals surface area contributed by atoms with Crippen molar-refractivity contribution in [3.63, 3.8) is 0 Å². The van der Waals surface area contributed by atoms with Gasteiger partial charge in [-0.25, -0.2) is 4.79 Å². The zero-order valence-electron chi connectivity index (χ0n) is 15.1. The van der Waals surface area contributed by atoms with Crippen molar-refractivity contribution in [2.75, 3.05) is 31.1 Å². The number of nitrogens with zero attached hydrogens (tertiary/aromatic N) is 2. The van der Waals surface area contributed by atoms with E-state index >= 15 is 0 Å². The van der Waals surface area contributed by atoms with E-state index in [9.17, 15) is 4.79 Å². The average molecular weight is 343 g/mol. The number of ether oxygens (including phenoxy) is 1. The smallest absolute Gasteiger partial charge is 0.318 e. The Hall–Kier alpha value is -1.75. The van der Waals surface area contributed by atoms with Crippen LogP contribution in [0.5, 0.6) is 0 Å². The van der Waals surface area contributed by atoms with Gasteiger partial charge in [0.05, 0.1) is 24.8 Å². The number of nitrogens with one attached hydrogen (secondary N) is 1. The van der Waals surface area contributed by atoms with E-state index in [0.717, 1.165) is 32.4 Å². The second-order valence-corrected chi connectivity index (χ2v) is 7.56. The number of urea groups is 1. The van der Waals surface area contributed by atoms with Crippen LogP contribution in [0.15, 0.2) is 24.3 Å². The number of benzene rings is 1. The number of rotatable bonds is 3. The van der Waals surface area contributed by atoms with E-state index < -0.39 is 0 Å². The zero-order valence-corrected chi connectivity index (χ0v) is 15.1. The zero-order chi connectivity index (χ0) is 17.2. The van der Waals surface area contributed by atoms with Crippen LogP contribution < -0.4 is 10.2 Å². The van der Waals surface area contributed by atoms with Crippen LogP contribution in [0, 0.1) is 0 Å². The van der Waals surface area contributed by atoms with Crippen LogP contribution in [0.25, 0.3) is 0 Å². The van der Waals surface area contributed by atoms with Crippen molar-refractivity contribution >= 4 is 11.7 Å². The summed E-state index contributed by atoms with van der Waals surface area (Å²) in [7, 11) is 0. The van der Waals surface area contributed by atoms with E-state index in [2.05, 4.69) is 41.4 Å². The maximum absolute atomic E-state index is 12.8. The topological polar surface area (TPSA) is 44.8 Å². The van der Waals surface area contributed by atoms with Gasteiger partial charge in [0, 0.05) is 25.3 Å². The van der Waals surface area contributed by atoms with E-state index in [1.54, 1.807) is 0 Å². The van der Waals surface area contributed by atoms with Crippen LogP contribution in [0.2, 0.25) is 0 Å². The van der Waals surface area contributed by atoms with Crippen molar-refractivity contribution in [3.05, 3.63) is 29.8 Å². The fourth-order valence-corrected chi connectivity index (χ4v) is 4.50. The molecular weight excluding hydrogens is 314 g/mol. The summed E-state index contributed by atoms with van der Waals surface area (Å²) in [5.74, 6) is 0.